The van der Waals surface area contributed by atoms with Gasteiger partial charge in [-0.15, -0.1) is 0 Å². The van der Waals surface area contributed by atoms with E-state index in [-0.39, 0.29) is 12.4 Å². The van der Waals surface area contributed by atoms with E-state index in [0.29, 0.717) is 38.6 Å². The predicted molar refractivity (Wildman–Crippen MR) is 92.2 cm³/mol. The number of hydrogen-bond donors (Lipinski definition) is 2. The molecular weight excluding hydrogens is 333 g/mol. The number of nitrogens with one attached hydrogen (secondary N) is 2. The van der Waals surface area contributed by atoms with Crippen LogP contribution in [-0.2, 0) is 21.1 Å². The molecule has 2 N–H and O–H groups in total. The topological polar surface area (TPSA) is 79.8 Å². The number of benzene rings is 1. The number of nitrogens with zero attached hydrogens (tertiary/aromatic N) is 1. The number of halogens is 1. The summed E-state index contributed by atoms with van der Waals surface area (Å²) < 4.78 is 42.1. The normalized spacial score (nSPS) is 18.2. The number of rotatable bonds is 5. The minimum atomic E-state index is -3.24. The molecule has 1 saturated heterocycles. The lowest BCUT2D eigenvalue weighted by Gasteiger charge is -2.35. The van der Waals surface area contributed by atoms with Crippen LogP contribution in [0.4, 0.5) is 4.39 Å². The second-order valence-electron chi connectivity index (χ2n) is 5.98. The highest BCUT2D eigenvalue weighted by Gasteiger charge is 2.42. The molecule has 2 rings (SSSR count). The van der Waals surface area contributed by atoms with Crippen LogP contribution < -0.4 is 10.6 Å². The lowest BCUT2D eigenvalue weighted by Crippen LogP contribution is -2.53. The van der Waals surface area contributed by atoms with Crippen molar-refractivity contribution in [1.82, 2.24) is 10.6 Å². The molecule has 1 fully saturated rings. The summed E-state index contributed by atoms with van der Waals surface area (Å²) in [6.45, 7) is 1.53. The first kappa shape index (κ1) is 18.7. The first-order valence-corrected chi connectivity index (χ1v) is 9.72. The van der Waals surface area contributed by atoms with Gasteiger partial charge in [0.15, 0.2) is 15.8 Å². The number of sulfone groups is 1. The Balaban J connectivity index is 1.97. The summed E-state index contributed by atoms with van der Waals surface area (Å²) in [7, 11) is -1.63. The first-order chi connectivity index (χ1) is 11.4. The molecule has 1 aromatic carbocycles. The van der Waals surface area contributed by atoms with Crippen LogP contribution in [0.5, 0.6) is 0 Å². The van der Waals surface area contributed by atoms with Crippen LogP contribution in [-0.4, -0.2) is 52.2 Å². The maximum absolute atomic E-state index is 13.2. The first-order valence-electron chi connectivity index (χ1n) is 7.83. The van der Waals surface area contributed by atoms with Crippen molar-refractivity contribution >= 4 is 15.8 Å². The molecule has 1 aliphatic rings. The number of aliphatic imine (C=N–C) groups is 1. The number of ether oxygens (including phenoxy) is 1. The summed E-state index contributed by atoms with van der Waals surface area (Å²) in [5.74, 6) is 0.184. The molecular formula is C16H24FN3O3S. The Morgan fingerprint density at radius 3 is 2.62 bits per heavy atom. The molecule has 0 unspecified atom stereocenters. The maximum atomic E-state index is 13.2. The van der Waals surface area contributed by atoms with Crippen LogP contribution in [0.1, 0.15) is 18.4 Å². The van der Waals surface area contributed by atoms with Crippen LogP contribution >= 0.6 is 0 Å². The van der Waals surface area contributed by atoms with Crippen LogP contribution in [0, 0.1) is 5.82 Å². The van der Waals surface area contributed by atoms with E-state index in [1.165, 1.54) is 18.4 Å². The molecule has 0 saturated carbocycles. The Morgan fingerprint density at radius 2 is 2.04 bits per heavy atom. The van der Waals surface area contributed by atoms with Crippen molar-refractivity contribution in [1.29, 1.82) is 0 Å². The van der Waals surface area contributed by atoms with Gasteiger partial charge in [0.2, 0.25) is 0 Å². The summed E-state index contributed by atoms with van der Waals surface area (Å²) in [5.41, 5.74) is 0.779. The Labute approximate surface area is 142 Å². The van der Waals surface area contributed by atoms with E-state index in [2.05, 4.69) is 15.6 Å². The minimum Gasteiger partial charge on any atom is -0.381 e. The lowest BCUT2D eigenvalue weighted by molar-refractivity contribution is 0.0756. The van der Waals surface area contributed by atoms with E-state index in [9.17, 15) is 12.8 Å². The fourth-order valence-corrected chi connectivity index (χ4v) is 3.96. The maximum Gasteiger partial charge on any atom is 0.191 e. The fraction of sp³-hybridized carbons (Fsp3) is 0.562. The molecule has 0 aromatic heterocycles. The van der Waals surface area contributed by atoms with Crippen LogP contribution in [0.3, 0.4) is 0 Å². The fourth-order valence-electron chi connectivity index (χ4n) is 2.72. The van der Waals surface area contributed by atoms with Crippen LogP contribution in [0.25, 0.3) is 0 Å². The molecule has 6 nitrogen and oxygen atoms in total. The molecule has 0 aliphatic carbocycles. The van der Waals surface area contributed by atoms with E-state index in [1.54, 1.807) is 19.2 Å². The molecule has 8 heteroatoms. The van der Waals surface area contributed by atoms with Crippen molar-refractivity contribution in [3.05, 3.63) is 35.6 Å². The Bertz CT molecular complexity index is 686. The van der Waals surface area contributed by atoms with Gasteiger partial charge in [-0.05, 0) is 30.5 Å². The van der Waals surface area contributed by atoms with Crippen molar-refractivity contribution in [2.75, 3.05) is 33.1 Å². The van der Waals surface area contributed by atoms with Gasteiger partial charge in [-0.3, -0.25) is 4.99 Å². The molecule has 0 atom stereocenters. The van der Waals surface area contributed by atoms with E-state index in [0.717, 1.165) is 5.56 Å². The quantitative estimate of drug-likeness (QED) is 0.609. The molecule has 134 valence electrons. The average Bonchev–Trinajstić information content (AvgIpc) is 2.55. The molecule has 0 bridgehead atoms. The second kappa shape index (κ2) is 7.94. The van der Waals surface area contributed by atoms with Gasteiger partial charge in [-0.25, -0.2) is 12.8 Å². The van der Waals surface area contributed by atoms with Gasteiger partial charge in [-0.1, -0.05) is 12.1 Å². The standard InChI is InChI=1S/C16H24FN3O3S/c1-18-15(19-11-13-4-3-5-14(17)10-13)20-12-16(24(2,21)22)6-8-23-9-7-16/h3-5,10H,6-9,11-12H2,1-2H3,(H2,18,19,20). The smallest absolute Gasteiger partial charge is 0.191 e. The zero-order valence-electron chi connectivity index (χ0n) is 14.0. The molecule has 0 radical (unpaired) electrons. The Morgan fingerprint density at radius 1 is 1.33 bits per heavy atom. The monoisotopic (exact) mass is 357 g/mol. The SMILES string of the molecule is CN=C(NCc1cccc(F)c1)NCC1(S(C)(=O)=O)CCOCC1. The molecule has 0 spiro atoms. The Hall–Kier alpha value is -1.67. The number of guanidine groups is 1. The van der Waals surface area contributed by atoms with Crippen molar-refractivity contribution in [2.24, 2.45) is 4.99 Å². The van der Waals surface area contributed by atoms with Gasteiger partial charge in [-0.2, -0.15) is 0 Å². The van der Waals surface area contributed by atoms with E-state index >= 15 is 0 Å². The summed E-state index contributed by atoms with van der Waals surface area (Å²) in [6, 6.07) is 6.28. The van der Waals surface area contributed by atoms with Gasteiger partial charge in [0, 0.05) is 39.6 Å². The molecule has 24 heavy (non-hydrogen) atoms. The summed E-state index contributed by atoms with van der Waals surface area (Å²) in [5, 5.41) is 6.15. The van der Waals surface area contributed by atoms with Crippen molar-refractivity contribution < 1.29 is 17.5 Å². The largest absolute Gasteiger partial charge is 0.381 e. The zero-order chi connectivity index (χ0) is 17.6. The highest BCUT2D eigenvalue weighted by Crippen LogP contribution is 2.28. The third kappa shape index (κ3) is 4.67. The van der Waals surface area contributed by atoms with Gasteiger partial charge in [0.1, 0.15) is 5.82 Å². The highest BCUT2D eigenvalue weighted by molar-refractivity contribution is 7.92. The van der Waals surface area contributed by atoms with Crippen molar-refractivity contribution in [2.45, 2.75) is 24.1 Å². The van der Waals surface area contributed by atoms with Gasteiger partial charge in [0.05, 0.1) is 4.75 Å². The lowest BCUT2D eigenvalue weighted by atomic mass is 9.99. The van der Waals surface area contributed by atoms with Crippen molar-refractivity contribution in [3.63, 3.8) is 0 Å². The van der Waals surface area contributed by atoms with E-state index in [1.807, 2.05) is 0 Å². The summed E-state index contributed by atoms with van der Waals surface area (Å²) in [4.78, 5) is 4.10. The average molecular weight is 357 g/mol. The highest BCUT2D eigenvalue weighted by atomic mass is 32.2. The molecule has 1 heterocycles. The summed E-state index contributed by atoms with van der Waals surface area (Å²) >= 11 is 0. The third-order valence-corrected chi connectivity index (χ3v) is 6.47. The predicted octanol–water partition coefficient (Wildman–Crippen LogP) is 1.08. The second-order valence-corrected chi connectivity index (χ2v) is 8.39. The van der Waals surface area contributed by atoms with Gasteiger partial charge < -0.3 is 15.4 Å². The Kier molecular flexibility index (Phi) is 6.17. The number of hydrogen-bond acceptors (Lipinski definition) is 4. The van der Waals surface area contributed by atoms with Gasteiger partial charge >= 0.3 is 0 Å². The minimum absolute atomic E-state index is 0.262. The molecule has 1 aliphatic heterocycles. The van der Waals surface area contributed by atoms with Crippen LogP contribution in [0.15, 0.2) is 29.3 Å². The third-order valence-electron chi connectivity index (χ3n) is 4.34. The van der Waals surface area contributed by atoms with Crippen molar-refractivity contribution in [3.8, 4) is 0 Å². The summed E-state index contributed by atoms with van der Waals surface area (Å²) in [6.07, 6.45) is 2.18. The zero-order valence-corrected chi connectivity index (χ0v) is 14.8. The van der Waals surface area contributed by atoms with Crippen LogP contribution in [0.2, 0.25) is 0 Å². The van der Waals surface area contributed by atoms with E-state index < -0.39 is 14.6 Å². The molecule has 1 aromatic rings. The van der Waals surface area contributed by atoms with E-state index in [4.69, 9.17) is 4.74 Å². The molecule has 0 amide bonds. The van der Waals surface area contributed by atoms with Gasteiger partial charge in [0.25, 0.3) is 0 Å².